The Bertz CT molecular complexity index is 545. The first-order valence-corrected chi connectivity index (χ1v) is 5.50. The molecule has 0 saturated carbocycles. The van der Waals surface area contributed by atoms with Crippen LogP contribution < -0.4 is 15.8 Å². The van der Waals surface area contributed by atoms with Gasteiger partial charge in [-0.05, 0) is 18.6 Å². The fraction of sp³-hybridized carbons (Fsp3) is 0.273. The molecule has 3 amide bonds. The Kier molecular flexibility index (Phi) is 4.98. The smallest absolute Gasteiger partial charge is 0.318 e. The number of imide groups is 1. The van der Waals surface area contributed by atoms with E-state index in [1.807, 2.05) is 0 Å². The molecule has 1 rings (SSSR count). The van der Waals surface area contributed by atoms with E-state index < -0.39 is 28.7 Å². The molecule has 0 aliphatic heterocycles. The Morgan fingerprint density at radius 1 is 1.55 bits per heavy atom. The minimum atomic E-state index is -1.15. The number of ether oxygens (including phenoxy) is 1. The number of carbonyl (C=O) groups is 2. The Morgan fingerprint density at radius 2 is 2.20 bits per heavy atom. The van der Waals surface area contributed by atoms with E-state index in [0.29, 0.717) is 5.56 Å². The summed E-state index contributed by atoms with van der Waals surface area (Å²) >= 11 is 0. The largest absolute Gasteiger partial charge is 0.474 e. The molecule has 0 bridgehead atoms. The normalized spacial score (nSPS) is 11.5. The van der Waals surface area contributed by atoms with E-state index in [1.54, 1.807) is 5.32 Å². The van der Waals surface area contributed by atoms with Gasteiger partial charge in [0.2, 0.25) is 0 Å². The first-order valence-electron chi connectivity index (χ1n) is 5.50. The second-order valence-corrected chi connectivity index (χ2v) is 3.83. The Labute approximate surface area is 113 Å². The first-order chi connectivity index (χ1) is 9.35. The van der Waals surface area contributed by atoms with Crippen LogP contribution in [-0.4, -0.2) is 28.1 Å². The number of nitrogens with one attached hydrogen (secondary N) is 1. The Balaban J connectivity index is 2.94. The van der Waals surface area contributed by atoms with Crippen molar-refractivity contribution in [3.8, 4) is 5.75 Å². The van der Waals surface area contributed by atoms with Crippen LogP contribution in [-0.2, 0) is 11.4 Å². The van der Waals surface area contributed by atoms with Gasteiger partial charge in [0.1, 0.15) is 0 Å². The van der Waals surface area contributed by atoms with E-state index in [-0.39, 0.29) is 12.4 Å². The number of nitro benzene ring substituents is 1. The fourth-order valence-corrected chi connectivity index (χ4v) is 1.37. The summed E-state index contributed by atoms with van der Waals surface area (Å²) in [6.07, 6.45) is -1.15. The molecule has 9 heteroatoms. The highest BCUT2D eigenvalue weighted by atomic mass is 16.6. The zero-order valence-corrected chi connectivity index (χ0v) is 10.5. The molecular formula is C11H13N3O6. The van der Waals surface area contributed by atoms with Crippen molar-refractivity contribution in [1.29, 1.82) is 0 Å². The molecule has 0 saturated heterocycles. The van der Waals surface area contributed by atoms with E-state index in [9.17, 15) is 19.7 Å². The number of hydrogen-bond acceptors (Lipinski definition) is 6. The topological polar surface area (TPSA) is 145 Å². The molecule has 0 aliphatic rings. The highest BCUT2D eigenvalue weighted by Crippen LogP contribution is 2.28. The lowest BCUT2D eigenvalue weighted by Crippen LogP contribution is -2.42. The SMILES string of the molecule is CC(Oc1ccc(CO)cc1[N+](=O)[O-])C(=O)NC(N)=O. The predicted octanol–water partition coefficient (Wildman–Crippen LogP) is 0.0493. The van der Waals surface area contributed by atoms with Gasteiger partial charge in [0.25, 0.3) is 5.91 Å². The molecule has 1 aromatic rings. The van der Waals surface area contributed by atoms with Crippen LogP contribution in [0.3, 0.4) is 0 Å². The van der Waals surface area contributed by atoms with Gasteiger partial charge in [-0.25, -0.2) is 4.79 Å². The van der Waals surface area contributed by atoms with Gasteiger partial charge in [-0.15, -0.1) is 0 Å². The summed E-state index contributed by atoms with van der Waals surface area (Å²) in [5, 5.41) is 21.6. The third kappa shape index (κ3) is 3.92. The Morgan fingerprint density at radius 3 is 2.70 bits per heavy atom. The summed E-state index contributed by atoms with van der Waals surface area (Å²) in [4.78, 5) is 32.1. The van der Waals surface area contributed by atoms with E-state index in [0.717, 1.165) is 6.07 Å². The van der Waals surface area contributed by atoms with Crippen molar-refractivity contribution in [2.24, 2.45) is 5.73 Å². The number of nitrogens with two attached hydrogens (primary N) is 1. The number of amides is 3. The average Bonchev–Trinajstić information content (AvgIpc) is 2.37. The molecule has 9 nitrogen and oxygen atoms in total. The summed E-state index contributed by atoms with van der Waals surface area (Å²) < 4.78 is 5.13. The maximum absolute atomic E-state index is 11.4. The lowest BCUT2D eigenvalue weighted by Gasteiger charge is -2.13. The summed E-state index contributed by atoms with van der Waals surface area (Å²) in [6, 6.07) is 2.77. The minimum absolute atomic E-state index is 0.153. The number of urea groups is 1. The van der Waals surface area contributed by atoms with Gasteiger partial charge in [-0.1, -0.05) is 6.07 Å². The maximum Gasteiger partial charge on any atom is 0.318 e. The quantitative estimate of drug-likeness (QED) is 0.514. The molecule has 0 heterocycles. The number of primary amides is 1. The van der Waals surface area contributed by atoms with Crippen LogP contribution in [0.4, 0.5) is 10.5 Å². The molecule has 1 aromatic carbocycles. The number of carbonyl (C=O) groups excluding carboxylic acids is 2. The first kappa shape index (κ1) is 15.4. The van der Waals surface area contributed by atoms with Crippen LogP contribution >= 0.6 is 0 Å². The predicted molar refractivity (Wildman–Crippen MR) is 66.8 cm³/mol. The highest BCUT2D eigenvalue weighted by Gasteiger charge is 2.22. The second kappa shape index (κ2) is 6.48. The van der Waals surface area contributed by atoms with E-state index in [2.05, 4.69) is 0 Å². The van der Waals surface area contributed by atoms with E-state index >= 15 is 0 Å². The Hall–Kier alpha value is -2.68. The van der Waals surface area contributed by atoms with Crippen LogP contribution in [0, 0.1) is 10.1 Å². The van der Waals surface area contributed by atoms with Gasteiger partial charge < -0.3 is 15.6 Å². The summed E-state index contributed by atoms with van der Waals surface area (Å²) in [5.74, 6) is -0.975. The molecule has 0 aliphatic carbocycles. The lowest BCUT2D eigenvalue weighted by atomic mass is 10.2. The number of aliphatic hydroxyl groups excluding tert-OH is 1. The summed E-state index contributed by atoms with van der Waals surface area (Å²) in [6.45, 7) is 0.945. The van der Waals surface area contributed by atoms with Crippen LogP contribution in [0.2, 0.25) is 0 Å². The molecule has 0 spiro atoms. The van der Waals surface area contributed by atoms with Crippen molar-refractivity contribution < 1.29 is 24.4 Å². The molecule has 0 aromatic heterocycles. The monoisotopic (exact) mass is 283 g/mol. The fourth-order valence-electron chi connectivity index (χ4n) is 1.37. The third-order valence-corrected chi connectivity index (χ3v) is 2.32. The third-order valence-electron chi connectivity index (χ3n) is 2.32. The number of rotatable bonds is 5. The summed E-state index contributed by atoms with van der Waals surface area (Å²) in [7, 11) is 0. The molecule has 20 heavy (non-hydrogen) atoms. The number of benzene rings is 1. The molecular weight excluding hydrogens is 270 g/mol. The average molecular weight is 283 g/mol. The molecule has 0 radical (unpaired) electrons. The molecule has 108 valence electrons. The summed E-state index contributed by atoms with van der Waals surface area (Å²) in [5.41, 5.74) is 4.72. The number of nitrogens with zero attached hydrogens (tertiary/aromatic N) is 1. The molecule has 1 unspecified atom stereocenters. The van der Waals surface area contributed by atoms with Crippen molar-refractivity contribution in [3.63, 3.8) is 0 Å². The van der Waals surface area contributed by atoms with Gasteiger partial charge in [-0.2, -0.15) is 0 Å². The van der Waals surface area contributed by atoms with Crippen molar-refractivity contribution in [3.05, 3.63) is 33.9 Å². The molecule has 1 atom stereocenters. The zero-order chi connectivity index (χ0) is 15.3. The lowest BCUT2D eigenvalue weighted by molar-refractivity contribution is -0.386. The number of nitro groups is 1. The van der Waals surface area contributed by atoms with Gasteiger partial charge in [0.15, 0.2) is 11.9 Å². The van der Waals surface area contributed by atoms with Gasteiger partial charge in [-0.3, -0.25) is 20.2 Å². The van der Waals surface area contributed by atoms with Crippen molar-refractivity contribution >= 4 is 17.6 Å². The van der Waals surface area contributed by atoms with Crippen LogP contribution in [0.1, 0.15) is 12.5 Å². The number of aliphatic hydroxyl groups is 1. The van der Waals surface area contributed by atoms with Crippen molar-refractivity contribution in [2.45, 2.75) is 19.6 Å². The molecule has 0 fully saturated rings. The van der Waals surface area contributed by atoms with Crippen molar-refractivity contribution in [2.75, 3.05) is 0 Å². The van der Waals surface area contributed by atoms with Crippen LogP contribution in [0.15, 0.2) is 18.2 Å². The minimum Gasteiger partial charge on any atom is -0.474 e. The van der Waals surface area contributed by atoms with E-state index in [4.69, 9.17) is 15.6 Å². The highest BCUT2D eigenvalue weighted by molar-refractivity contribution is 5.95. The van der Waals surface area contributed by atoms with Gasteiger partial charge in [0.05, 0.1) is 11.5 Å². The van der Waals surface area contributed by atoms with Crippen molar-refractivity contribution in [1.82, 2.24) is 5.32 Å². The second-order valence-electron chi connectivity index (χ2n) is 3.83. The number of hydrogen-bond donors (Lipinski definition) is 3. The standard InChI is InChI=1S/C11H13N3O6/c1-6(10(16)13-11(12)17)20-9-3-2-7(5-15)4-8(9)14(18)19/h2-4,6,15H,5H2,1H3,(H3,12,13,16,17). The molecule has 4 N–H and O–H groups in total. The zero-order valence-electron chi connectivity index (χ0n) is 10.5. The van der Waals surface area contributed by atoms with Crippen LogP contribution in [0.5, 0.6) is 5.75 Å². The van der Waals surface area contributed by atoms with Gasteiger partial charge >= 0.3 is 11.7 Å². The van der Waals surface area contributed by atoms with Gasteiger partial charge in [0, 0.05) is 6.07 Å². The van der Waals surface area contributed by atoms with E-state index in [1.165, 1.54) is 19.1 Å². The van der Waals surface area contributed by atoms with Crippen LogP contribution in [0.25, 0.3) is 0 Å². The maximum atomic E-state index is 11.4.